The van der Waals surface area contributed by atoms with Gasteiger partial charge < -0.3 is 9.47 Å². The fraction of sp³-hybridized carbons (Fsp3) is 0.333. The zero-order valence-corrected chi connectivity index (χ0v) is 14.3. The number of ether oxygens (including phenoxy) is 2. The molecule has 2 heteroatoms. The zero-order chi connectivity index (χ0) is 16.4. The first-order valence-corrected chi connectivity index (χ1v) is 8.10. The van der Waals surface area contributed by atoms with Crippen molar-refractivity contribution in [3.63, 3.8) is 0 Å². The lowest BCUT2D eigenvalue weighted by Gasteiger charge is -2.28. The summed E-state index contributed by atoms with van der Waals surface area (Å²) in [5.74, 6) is 1.64. The van der Waals surface area contributed by atoms with Crippen molar-refractivity contribution in [3.8, 4) is 0 Å². The van der Waals surface area contributed by atoms with Crippen LogP contribution in [0.25, 0.3) is 10.8 Å². The summed E-state index contributed by atoms with van der Waals surface area (Å²) in [6.07, 6.45) is 3.90. The van der Waals surface area contributed by atoms with Gasteiger partial charge in [0.15, 0.2) is 0 Å². The Morgan fingerprint density at radius 3 is 2.52 bits per heavy atom. The van der Waals surface area contributed by atoms with Crippen molar-refractivity contribution in [3.05, 3.63) is 71.4 Å². The van der Waals surface area contributed by atoms with Crippen LogP contribution >= 0.6 is 0 Å². The summed E-state index contributed by atoms with van der Waals surface area (Å²) < 4.78 is 11.5. The standard InChI is InChI=1S/C21H24O2/c1-21(2,3)19-13-12-17(20(22-4)23-19)14-16-10-7-9-15-8-5-6-11-18(15)16/h5-11,13H,12,14H2,1-4H3. The highest BCUT2D eigenvalue weighted by Crippen LogP contribution is 2.35. The molecule has 3 rings (SSSR count). The van der Waals surface area contributed by atoms with E-state index in [1.54, 1.807) is 7.11 Å². The Labute approximate surface area is 138 Å². The maximum absolute atomic E-state index is 6.02. The number of allylic oxidation sites excluding steroid dienone is 3. The predicted octanol–water partition coefficient (Wildman–Crippen LogP) is 5.59. The normalized spacial score (nSPS) is 15.4. The van der Waals surface area contributed by atoms with Gasteiger partial charge in [-0.2, -0.15) is 0 Å². The van der Waals surface area contributed by atoms with Crippen LogP contribution in [0.3, 0.4) is 0 Å². The molecule has 1 aliphatic rings. The minimum atomic E-state index is -0.00520. The maximum atomic E-state index is 6.02. The Morgan fingerprint density at radius 2 is 1.78 bits per heavy atom. The molecule has 2 aromatic carbocycles. The third-order valence-electron chi connectivity index (χ3n) is 4.23. The van der Waals surface area contributed by atoms with Gasteiger partial charge in [0, 0.05) is 17.4 Å². The molecule has 0 saturated heterocycles. The molecule has 0 aromatic heterocycles. The van der Waals surface area contributed by atoms with Crippen LogP contribution in [0.5, 0.6) is 0 Å². The number of fused-ring (bicyclic) bond motifs is 1. The van der Waals surface area contributed by atoms with Gasteiger partial charge in [-0.25, -0.2) is 0 Å². The lowest BCUT2D eigenvalue weighted by Crippen LogP contribution is -2.17. The molecule has 120 valence electrons. The van der Waals surface area contributed by atoms with Crippen LogP contribution in [-0.2, 0) is 15.9 Å². The Bertz CT molecular complexity index is 771. The van der Waals surface area contributed by atoms with Crippen LogP contribution in [0.15, 0.2) is 65.8 Å². The van der Waals surface area contributed by atoms with E-state index in [-0.39, 0.29) is 5.41 Å². The lowest BCUT2D eigenvalue weighted by atomic mass is 9.90. The zero-order valence-electron chi connectivity index (χ0n) is 14.3. The molecule has 2 aromatic rings. The van der Waals surface area contributed by atoms with Crippen molar-refractivity contribution in [2.24, 2.45) is 5.41 Å². The molecule has 0 radical (unpaired) electrons. The molecule has 0 atom stereocenters. The summed E-state index contributed by atoms with van der Waals surface area (Å²) in [7, 11) is 1.68. The van der Waals surface area contributed by atoms with Crippen molar-refractivity contribution in [1.82, 2.24) is 0 Å². The molecule has 0 N–H and O–H groups in total. The van der Waals surface area contributed by atoms with Crippen LogP contribution < -0.4 is 0 Å². The van der Waals surface area contributed by atoms with Crippen molar-refractivity contribution in [2.45, 2.75) is 33.6 Å². The summed E-state index contributed by atoms with van der Waals surface area (Å²) in [5.41, 5.74) is 2.50. The molecule has 23 heavy (non-hydrogen) atoms. The molecular formula is C21H24O2. The first-order chi connectivity index (χ1) is 11.0. The van der Waals surface area contributed by atoms with Gasteiger partial charge in [-0.15, -0.1) is 0 Å². The summed E-state index contributed by atoms with van der Waals surface area (Å²) >= 11 is 0. The van der Waals surface area contributed by atoms with Gasteiger partial charge in [0.25, 0.3) is 5.95 Å². The average Bonchev–Trinajstić information content (AvgIpc) is 2.54. The molecule has 0 bridgehead atoms. The summed E-state index contributed by atoms with van der Waals surface area (Å²) in [6, 6.07) is 15.0. The van der Waals surface area contributed by atoms with Gasteiger partial charge in [-0.05, 0) is 28.8 Å². The monoisotopic (exact) mass is 308 g/mol. The first-order valence-electron chi connectivity index (χ1n) is 8.10. The van der Waals surface area contributed by atoms with E-state index in [0.29, 0.717) is 5.95 Å². The summed E-state index contributed by atoms with van der Waals surface area (Å²) in [5, 5.41) is 2.57. The Morgan fingerprint density at radius 1 is 1.04 bits per heavy atom. The molecule has 1 aliphatic heterocycles. The first kappa shape index (κ1) is 15.7. The Kier molecular flexibility index (Phi) is 4.16. The van der Waals surface area contributed by atoms with E-state index in [4.69, 9.17) is 9.47 Å². The predicted molar refractivity (Wildman–Crippen MR) is 94.9 cm³/mol. The molecule has 0 amide bonds. The van der Waals surface area contributed by atoms with Gasteiger partial charge in [0.05, 0.1) is 7.11 Å². The lowest BCUT2D eigenvalue weighted by molar-refractivity contribution is 0.0672. The highest BCUT2D eigenvalue weighted by molar-refractivity contribution is 5.85. The molecule has 0 fully saturated rings. The molecule has 0 saturated carbocycles. The third-order valence-corrected chi connectivity index (χ3v) is 4.23. The van der Waals surface area contributed by atoms with E-state index < -0.39 is 0 Å². The Balaban J connectivity index is 1.91. The van der Waals surface area contributed by atoms with Crippen molar-refractivity contribution in [1.29, 1.82) is 0 Å². The van der Waals surface area contributed by atoms with Gasteiger partial charge >= 0.3 is 0 Å². The van der Waals surface area contributed by atoms with Crippen LogP contribution in [0.4, 0.5) is 0 Å². The molecule has 0 aliphatic carbocycles. The van der Waals surface area contributed by atoms with Gasteiger partial charge in [-0.1, -0.05) is 63.2 Å². The third kappa shape index (κ3) is 3.26. The quantitative estimate of drug-likeness (QED) is 0.735. The number of hydrogen-bond donors (Lipinski definition) is 0. The second-order valence-corrected chi connectivity index (χ2v) is 7.03. The van der Waals surface area contributed by atoms with E-state index in [9.17, 15) is 0 Å². The fourth-order valence-corrected chi connectivity index (χ4v) is 2.98. The van der Waals surface area contributed by atoms with Crippen LogP contribution in [0.2, 0.25) is 0 Å². The van der Waals surface area contributed by atoms with Gasteiger partial charge in [-0.3, -0.25) is 0 Å². The molecule has 0 spiro atoms. The summed E-state index contributed by atoms with van der Waals surface area (Å²) in [4.78, 5) is 0. The molecular weight excluding hydrogens is 284 g/mol. The van der Waals surface area contributed by atoms with Crippen molar-refractivity contribution < 1.29 is 9.47 Å². The fourth-order valence-electron chi connectivity index (χ4n) is 2.98. The smallest absolute Gasteiger partial charge is 0.283 e. The topological polar surface area (TPSA) is 18.5 Å². The van der Waals surface area contributed by atoms with Crippen LogP contribution in [0, 0.1) is 5.41 Å². The highest BCUT2D eigenvalue weighted by Gasteiger charge is 2.25. The van der Waals surface area contributed by atoms with E-state index >= 15 is 0 Å². The maximum Gasteiger partial charge on any atom is 0.283 e. The molecule has 1 heterocycles. The average molecular weight is 308 g/mol. The van der Waals surface area contributed by atoms with E-state index in [2.05, 4.69) is 69.3 Å². The minimum absolute atomic E-state index is 0.00520. The second-order valence-electron chi connectivity index (χ2n) is 7.03. The highest BCUT2D eigenvalue weighted by atomic mass is 16.7. The van der Waals surface area contributed by atoms with Crippen LogP contribution in [-0.4, -0.2) is 7.11 Å². The SMILES string of the molecule is COC1=C(Cc2cccc3ccccc23)CC=C(C(C)(C)C)O1. The number of benzene rings is 2. The van der Waals surface area contributed by atoms with E-state index in [1.165, 1.54) is 21.9 Å². The summed E-state index contributed by atoms with van der Waals surface area (Å²) in [6.45, 7) is 6.46. The number of methoxy groups -OCH3 is 1. The molecule has 2 nitrogen and oxygen atoms in total. The Hall–Kier alpha value is -2.22. The minimum Gasteiger partial charge on any atom is -0.468 e. The van der Waals surface area contributed by atoms with Crippen LogP contribution in [0.1, 0.15) is 32.8 Å². The number of hydrogen-bond acceptors (Lipinski definition) is 2. The second kappa shape index (κ2) is 6.11. The van der Waals surface area contributed by atoms with E-state index in [0.717, 1.165) is 18.6 Å². The van der Waals surface area contributed by atoms with Crippen molar-refractivity contribution >= 4 is 10.8 Å². The van der Waals surface area contributed by atoms with Gasteiger partial charge in [0.2, 0.25) is 0 Å². The van der Waals surface area contributed by atoms with Crippen molar-refractivity contribution in [2.75, 3.05) is 7.11 Å². The number of rotatable bonds is 3. The van der Waals surface area contributed by atoms with E-state index in [1.807, 2.05) is 0 Å². The molecule has 0 unspecified atom stereocenters. The largest absolute Gasteiger partial charge is 0.468 e. The van der Waals surface area contributed by atoms with Gasteiger partial charge in [0.1, 0.15) is 5.76 Å².